The molecule has 2 rings (SSSR count). The molecule has 0 aliphatic rings. The average molecular weight is 318 g/mol. The number of amides is 1. The van der Waals surface area contributed by atoms with Crippen molar-refractivity contribution in [1.29, 1.82) is 0 Å². The van der Waals surface area contributed by atoms with Gasteiger partial charge in [0.05, 0.1) is 10.7 Å². The highest BCUT2D eigenvalue weighted by Crippen LogP contribution is 2.25. The lowest BCUT2D eigenvalue weighted by Gasteiger charge is -2.29. The standard InChI is InChI=1S/C17H20ClN3O/c1-3-21(14-7-5-4-6-8-14)12(2)17(22)20-16-10-9-13(19)11-15(16)18/h4-12H,3,19H2,1-2H3,(H,20,22). The zero-order valence-electron chi connectivity index (χ0n) is 12.7. The summed E-state index contributed by atoms with van der Waals surface area (Å²) in [6.07, 6.45) is 0. The number of hydrogen-bond acceptors (Lipinski definition) is 3. The number of para-hydroxylation sites is 1. The molecule has 1 amide bonds. The summed E-state index contributed by atoms with van der Waals surface area (Å²) in [7, 11) is 0. The van der Waals surface area contributed by atoms with Crippen LogP contribution in [0.2, 0.25) is 5.02 Å². The molecule has 116 valence electrons. The predicted molar refractivity (Wildman–Crippen MR) is 93.4 cm³/mol. The molecule has 0 aliphatic heterocycles. The predicted octanol–water partition coefficient (Wildman–Crippen LogP) is 3.78. The van der Waals surface area contributed by atoms with Crippen molar-refractivity contribution in [2.24, 2.45) is 0 Å². The smallest absolute Gasteiger partial charge is 0.246 e. The van der Waals surface area contributed by atoms with Crippen molar-refractivity contribution >= 4 is 34.6 Å². The molecule has 0 saturated heterocycles. The van der Waals surface area contributed by atoms with Crippen molar-refractivity contribution in [3.8, 4) is 0 Å². The van der Waals surface area contributed by atoms with E-state index in [4.69, 9.17) is 17.3 Å². The van der Waals surface area contributed by atoms with Gasteiger partial charge in [-0.15, -0.1) is 0 Å². The van der Waals surface area contributed by atoms with Gasteiger partial charge in [-0.05, 0) is 44.2 Å². The van der Waals surface area contributed by atoms with Gasteiger partial charge < -0.3 is 16.0 Å². The normalized spacial score (nSPS) is 11.8. The third kappa shape index (κ3) is 3.71. The molecule has 4 nitrogen and oxygen atoms in total. The van der Waals surface area contributed by atoms with Crippen LogP contribution in [0.15, 0.2) is 48.5 Å². The largest absolute Gasteiger partial charge is 0.399 e. The molecule has 0 saturated carbocycles. The zero-order chi connectivity index (χ0) is 16.1. The number of carbonyl (C=O) groups is 1. The molecule has 1 unspecified atom stereocenters. The van der Waals surface area contributed by atoms with Crippen molar-refractivity contribution < 1.29 is 4.79 Å². The van der Waals surface area contributed by atoms with Crippen molar-refractivity contribution in [2.45, 2.75) is 19.9 Å². The summed E-state index contributed by atoms with van der Waals surface area (Å²) in [4.78, 5) is 14.5. The first-order valence-corrected chi connectivity index (χ1v) is 7.58. The minimum atomic E-state index is -0.319. The summed E-state index contributed by atoms with van der Waals surface area (Å²) in [6.45, 7) is 4.62. The number of likely N-dealkylation sites (N-methyl/N-ethyl adjacent to an activating group) is 1. The number of nitrogen functional groups attached to an aromatic ring is 1. The van der Waals surface area contributed by atoms with Crippen molar-refractivity contribution in [3.63, 3.8) is 0 Å². The van der Waals surface area contributed by atoms with E-state index in [1.807, 2.05) is 49.1 Å². The summed E-state index contributed by atoms with van der Waals surface area (Å²) >= 11 is 6.10. The molecule has 0 aromatic heterocycles. The molecule has 0 bridgehead atoms. The number of nitrogens with one attached hydrogen (secondary N) is 1. The quantitative estimate of drug-likeness (QED) is 0.825. The Balaban J connectivity index is 2.14. The van der Waals surface area contributed by atoms with E-state index >= 15 is 0 Å². The van der Waals surface area contributed by atoms with Crippen LogP contribution in [0.25, 0.3) is 0 Å². The van der Waals surface area contributed by atoms with Crippen molar-refractivity contribution in [3.05, 3.63) is 53.6 Å². The molecular formula is C17H20ClN3O. The van der Waals surface area contributed by atoms with Crippen LogP contribution in [-0.2, 0) is 4.79 Å². The summed E-state index contributed by atoms with van der Waals surface area (Å²) in [5, 5.41) is 3.29. The van der Waals surface area contributed by atoms with Crippen LogP contribution in [0.3, 0.4) is 0 Å². The number of nitrogens with zero attached hydrogens (tertiary/aromatic N) is 1. The second kappa shape index (κ2) is 7.18. The molecule has 2 aromatic rings. The van der Waals surface area contributed by atoms with Crippen LogP contribution in [0.5, 0.6) is 0 Å². The fourth-order valence-electron chi connectivity index (χ4n) is 2.31. The van der Waals surface area contributed by atoms with E-state index in [2.05, 4.69) is 5.32 Å². The first-order chi connectivity index (χ1) is 10.5. The van der Waals surface area contributed by atoms with Crippen molar-refractivity contribution in [2.75, 3.05) is 22.5 Å². The maximum Gasteiger partial charge on any atom is 0.246 e. The van der Waals surface area contributed by atoms with Gasteiger partial charge >= 0.3 is 0 Å². The molecule has 0 heterocycles. The lowest BCUT2D eigenvalue weighted by Crippen LogP contribution is -2.42. The van der Waals surface area contributed by atoms with Crippen LogP contribution in [-0.4, -0.2) is 18.5 Å². The van der Waals surface area contributed by atoms with Gasteiger partial charge in [-0.1, -0.05) is 29.8 Å². The molecule has 0 radical (unpaired) electrons. The SMILES string of the molecule is CCN(c1ccccc1)C(C)C(=O)Nc1ccc(N)cc1Cl. The lowest BCUT2D eigenvalue weighted by atomic mass is 10.2. The first kappa shape index (κ1) is 16.2. The van der Waals surface area contributed by atoms with Gasteiger partial charge in [0, 0.05) is 17.9 Å². The van der Waals surface area contributed by atoms with Gasteiger partial charge in [0.1, 0.15) is 6.04 Å². The topological polar surface area (TPSA) is 58.4 Å². The first-order valence-electron chi connectivity index (χ1n) is 7.20. The highest BCUT2D eigenvalue weighted by atomic mass is 35.5. The summed E-state index contributed by atoms with van der Waals surface area (Å²) in [5.74, 6) is -0.114. The molecule has 0 aliphatic carbocycles. The monoisotopic (exact) mass is 317 g/mol. The van der Waals surface area contributed by atoms with E-state index in [1.54, 1.807) is 18.2 Å². The van der Waals surface area contributed by atoms with Crippen LogP contribution >= 0.6 is 11.6 Å². The van der Waals surface area contributed by atoms with E-state index in [-0.39, 0.29) is 11.9 Å². The van der Waals surface area contributed by atoms with E-state index in [9.17, 15) is 4.79 Å². The third-order valence-electron chi connectivity index (χ3n) is 3.53. The zero-order valence-corrected chi connectivity index (χ0v) is 13.5. The minimum Gasteiger partial charge on any atom is -0.399 e. The maximum absolute atomic E-state index is 12.5. The molecule has 5 heteroatoms. The Hall–Kier alpha value is -2.20. The van der Waals surface area contributed by atoms with Gasteiger partial charge in [0.2, 0.25) is 5.91 Å². The van der Waals surface area contributed by atoms with Crippen LogP contribution in [0, 0.1) is 0 Å². The highest BCUT2D eigenvalue weighted by molar-refractivity contribution is 6.34. The van der Waals surface area contributed by atoms with Crippen LogP contribution < -0.4 is 16.0 Å². The maximum atomic E-state index is 12.5. The van der Waals surface area contributed by atoms with E-state index in [0.29, 0.717) is 16.4 Å². The number of rotatable bonds is 5. The van der Waals surface area contributed by atoms with Crippen LogP contribution in [0.4, 0.5) is 17.1 Å². The number of carbonyl (C=O) groups excluding carboxylic acids is 1. The second-order valence-corrected chi connectivity index (χ2v) is 5.43. The lowest BCUT2D eigenvalue weighted by molar-refractivity contribution is -0.117. The molecule has 2 aromatic carbocycles. The molecule has 3 N–H and O–H groups in total. The molecule has 0 spiro atoms. The third-order valence-corrected chi connectivity index (χ3v) is 3.84. The molecule has 1 atom stereocenters. The summed E-state index contributed by atoms with van der Waals surface area (Å²) in [6, 6.07) is 14.6. The fraction of sp³-hybridized carbons (Fsp3) is 0.235. The number of benzene rings is 2. The fourth-order valence-corrected chi connectivity index (χ4v) is 2.55. The van der Waals surface area contributed by atoms with Gasteiger partial charge in [-0.2, -0.15) is 0 Å². The summed E-state index contributed by atoms with van der Waals surface area (Å²) < 4.78 is 0. The Kier molecular flexibility index (Phi) is 5.28. The number of halogens is 1. The Morgan fingerprint density at radius 1 is 1.27 bits per heavy atom. The molecule has 22 heavy (non-hydrogen) atoms. The van der Waals surface area contributed by atoms with Gasteiger partial charge in [0.15, 0.2) is 0 Å². The number of hydrogen-bond donors (Lipinski definition) is 2. The Bertz CT molecular complexity index is 646. The molecular weight excluding hydrogens is 298 g/mol. The van der Waals surface area contributed by atoms with E-state index in [1.165, 1.54) is 0 Å². The number of anilines is 3. The molecule has 0 fully saturated rings. The Morgan fingerprint density at radius 2 is 1.95 bits per heavy atom. The second-order valence-electron chi connectivity index (χ2n) is 5.03. The van der Waals surface area contributed by atoms with Gasteiger partial charge in [-0.25, -0.2) is 0 Å². The van der Waals surface area contributed by atoms with Crippen molar-refractivity contribution in [1.82, 2.24) is 0 Å². The van der Waals surface area contributed by atoms with Gasteiger partial charge in [0.25, 0.3) is 0 Å². The number of nitrogens with two attached hydrogens (primary N) is 1. The Labute approximate surface area is 135 Å². The summed E-state index contributed by atoms with van der Waals surface area (Å²) in [5.41, 5.74) is 7.80. The minimum absolute atomic E-state index is 0.114. The van der Waals surface area contributed by atoms with E-state index < -0.39 is 0 Å². The van der Waals surface area contributed by atoms with Gasteiger partial charge in [-0.3, -0.25) is 4.79 Å². The van der Waals surface area contributed by atoms with E-state index in [0.717, 1.165) is 12.2 Å². The highest BCUT2D eigenvalue weighted by Gasteiger charge is 2.21. The van der Waals surface area contributed by atoms with Crippen LogP contribution in [0.1, 0.15) is 13.8 Å². The Morgan fingerprint density at radius 3 is 2.55 bits per heavy atom. The average Bonchev–Trinajstić information content (AvgIpc) is 2.51.